The molecular formula is C23H25N3O5S. The lowest BCUT2D eigenvalue weighted by Gasteiger charge is -2.26. The number of rotatable bonds is 7. The Hall–Kier alpha value is -3.22. The van der Waals surface area contributed by atoms with E-state index < -0.39 is 28.5 Å². The highest BCUT2D eigenvalue weighted by Crippen LogP contribution is 2.23. The number of carbonyl (C=O) groups excluding carboxylic acids is 2. The Morgan fingerprint density at radius 1 is 1.09 bits per heavy atom. The summed E-state index contributed by atoms with van der Waals surface area (Å²) >= 11 is 0. The maximum Gasteiger partial charge on any atom is 0.338 e. The second-order valence-electron chi connectivity index (χ2n) is 7.49. The van der Waals surface area contributed by atoms with Gasteiger partial charge in [-0.1, -0.05) is 30.7 Å². The lowest BCUT2D eigenvalue weighted by Crippen LogP contribution is -2.36. The summed E-state index contributed by atoms with van der Waals surface area (Å²) in [5, 5.41) is 9.04. The van der Waals surface area contributed by atoms with E-state index in [2.05, 4.69) is 0 Å². The van der Waals surface area contributed by atoms with Crippen LogP contribution in [0.15, 0.2) is 53.4 Å². The Balaban J connectivity index is 1.74. The molecule has 0 atom stereocenters. The van der Waals surface area contributed by atoms with Crippen LogP contribution in [0.1, 0.15) is 35.2 Å². The van der Waals surface area contributed by atoms with E-state index in [1.54, 1.807) is 43.3 Å². The summed E-state index contributed by atoms with van der Waals surface area (Å²) in [6.45, 7) is 1.82. The predicted molar refractivity (Wildman–Crippen MR) is 118 cm³/mol. The van der Waals surface area contributed by atoms with E-state index in [0.717, 1.165) is 19.3 Å². The Morgan fingerprint density at radius 2 is 1.78 bits per heavy atom. The molecule has 1 fully saturated rings. The number of nitriles is 1. The SMILES string of the molecule is Cc1ccc(S(=O)(=O)N2CCCCC2)cc1C(=O)OCC(=O)N(CC#N)c1ccccc1. The van der Waals surface area contributed by atoms with E-state index >= 15 is 0 Å². The van der Waals surface area contributed by atoms with Crippen molar-refractivity contribution in [1.82, 2.24) is 4.31 Å². The van der Waals surface area contributed by atoms with E-state index in [1.165, 1.54) is 21.3 Å². The maximum absolute atomic E-state index is 12.9. The van der Waals surface area contributed by atoms with Gasteiger partial charge >= 0.3 is 5.97 Å². The summed E-state index contributed by atoms with van der Waals surface area (Å²) in [6, 6.07) is 14.9. The fraction of sp³-hybridized carbons (Fsp3) is 0.348. The van der Waals surface area contributed by atoms with Gasteiger partial charge in [0.15, 0.2) is 6.61 Å². The van der Waals surface area contributed by atoms with E-state index in [-0.39, 0.29) is 17.0 Å². The van der Waals surface area contributed by atoms with Gasteiger partial charge < -0.3 is 4.74 Å². The molecule has 1 saturated heterocycles. The van der Waals surface area contributed by atoms with Crippen LogP contribution in [0.2, 0.25) is 0 Å². The van der Waals surface area contributed by atoms with Crippen molar-refractivity contribution in [3.63, 3.8) is 0 Å². The summed E-state index contributed by atoms with van der Waals surface area (Å²) in [6.07, 6.45) is 2.61. The van der Waals surface area contributed by atoms with Gasteiger partial charge in [-0.05, 0) is 49.6 Å². The molecule has 0 aliphatic carbocycles. The average molecular weight is 456 g/mol. The fourth-order valence-corrected chi connectivity index (χ4v) is 5.06. The lowest BCUT2D eigenvalue weighted by molar-refractivity contribution is -0.121. The molecule has 32 heavy (non-hydrogen) atoms. The molecule has 1 aliphatic rings. The summed E-state index contributed by atoms with van der Waals surface area (Å²) < 4.78 is 32.5. The minimum absolute atomic E-state index is 0.0265. The summed E-state index contributed by atoms with van der Waals surface area (Å²) in [4.78, 5) is 26.5. The Labute approximate surface area is 188 Å². The van der Waals surface area contributed by atoms with Gasteiger partial charge in [-0.25, -0.2) is 13.2 Å². The molecule has 168 valence electrons. The number of esters is 1. The second kappa shape index (κ2) is 10.4. The zero-order chi connectivity index (χ0) is 23.1. The monoisotopic (exact) mass is 455 g/mol. The first-order valence-corrected chi connectivity index (χ1v) is 11.8. The van der Waals surface area contributed by atoms with Crippen molar-refractivity contribution < 1.29 is 22.7 Å². The van der Waals surface area contributed by atoms with Crippen LogP contribution in [0.3, 0.4) is 0 Å². The lowest BCUT2D eigenvalue weighted by atomic mass is 10.1. The molecule has 0 aromatic heterocycles. The highest BCUT2D eigenvalue weighted by atomic mass is 32.2. The van der Waals surface area contributed by atoms with E-state index in [1.807, 2.05) is 6.07 Å². The number of aryl methyl sites for hydroxylation is 1. The topological polar surface area (TPSA) is 108 Å². The van der Waals surface area contributed by atoms with Crippen LogP contribution in [-0.2, 0) is 19.6 Å². The van der Waals surface area contributed by atoms with Gasteiger partial charge in [-0.3, -0.25) is 9.69 Å². The quantitative estimate of drug-likeness (QED) is 0.469. The van der Waals surface area contributed by atoms with Crippen molar-refractivity contribution in [3.8, 4) is 6.07 Å². The van der Waals surface area contributed by atoms with E-state index in [9.17, 15) is 18.0 Å². The zero-order valence-corrected chi connectivity index (χ0v) is 18.7. The third-order valence-corrected chi connectivity index (χ3v) is 7.20. The highest BCUT2D eigenvalue weighted by molar-refractivity contribution is 7.89. The number of piperidine rings is 1. The Morgan fingerprint density at radius 3 is 2.44 bits per heavy atom. The average Bonchev–Trinajstić information content (AvgIpc) is 2.82. The van der Waals surface area contributed by atoms with Crippen LogP contribution in [-0.4, -0.2) is 50.8 Å². The minimum Gasteiger partial charge on any atom is -0.452 e. The van der Waals surface area contributed by atoms with Crippen molar-refractivity contribution in [1.29, 1.82) is 5.26 Å². The first kappa shape index (κ1) is 23.4. The Kier molecular flexibility index (Phi) is 7.62. The first-order valence-electron chi connectivity index (χ1n) is 10.3. The standard InChI is InChI=1S/C23H25N3O5S/c1-18-10-11-20(32(29,30)25-13-6-3-7-14-25)16-21(18)23(28)31-17-22(27)26(15-12-24)19-8-4-2-5-9-19/h2,4-5,8-11,16H,3,6-7,13-15,17H2,1H3. The number of amides is 1. The second-order valence-corrected chi connectivity index (χ2v) is 9.43. The van der Waals surface area contributed by atoms with Crippen molar-refractivity contribution >= 4 is 27.6 Å². The molecule has 0 radical (unpaired) electrons. The van der Waals surface area contributed by atoms with Gasteiger partial charge in [-0.15, -0.1) is 0 Å². The van der Waals surface area contributed by atoms with Gasteiger partial charge in [-0.2, -0.15) is 9.57 Å². The van der Waals surface area contributed by atoms with Crippen LogP contribution >= 0.6 is 0 Å². The van der Waals surface area contributed by atoms with Crippen molar-refractivity contribution in [2.45, 2.75) is 31.1 Å². The molecule has 9 heteroatoms. The molecule has 1 aliphatic heterocycles. The van der Waals surface area contributed by atoms with Crippen LogP contribution in [0.5, 0.6) is 0 Å². The van der Waals surface area contributed by atoms with Crippen LogP contribution in [0, 0.1) is 18.3 Å². The summed E-state index contributed by atoms with van der Waals surface area (Å²) in [5.41, 5.74) is 1.14. The van der Waals surface area contributed by atoms with Crippen molar-refractivity contribution in [2.24, 2.45) is 0 Å². The number of benzene rings is 2. The van der Waals surface area contributed by atoms with Crippen LogP contribution in [0.25, 0.3) is 0 Å². The molecular weight excluding hydrogens is 430 g/mol. The largest absolute Gasteiger partial charge is 0.452 e. The summed E-state index contributed by atoms with van der Waals surface area (Å²) in [5.74, 6) is -1.35. The molecule has 0 unspecified atom stereocenters. The molecule has 2 aromatic rings. The third-order valence-electron chi connectivity index (χ3n) is 5.31. The molecule has 0 N–H and O–H groups in total. The zero-order valence-electron chi connectivity index (χ0n) is 17.9. The molecule has 2 aromatic carbocycles. The number of carbonyl (C=O) groups is 2. The van der Waals surface area contributed by atoms with E-state index in [0.29, 0.717) is 24.3 Å². The molecule has 1 amide bonds. The molecule has 0 bridgehead atoms. The van der Waals surface area contributed by atoms with Crippen LogP contribution in [0.4, 0.5) is 5.69 Å². The minimum atomic E-state index is -3.71. The van der Waals surface area contributed by atoms with Crippen LogP contribution < -0.4 is 4.90 Å². The summed E-state index contributed by atoms with van der Waals surface area (Å²) in [7, 11) is -3.71. The number of para-hydroxylation sites is 1. The van der Waals surface area contributed by atoms with Crippen molar-refractivity contribution in [3.05, 3.63) is 59.7 Å². The van der Waals surface area contributed by atoms with Gasteiger partial charge in [0, 0.05) is 18.8 Å². The van der Waals surface area contributed by atoms with Gasteiger partial charge in [0.1, 0.15) is 6.54 Å². The predicted octanol–water partition coefficient (Wildman–Crippen LogP) is 2.88. The Bertz CT molecular complexity index is 1120. The number of ether oxygens (including phenoxy) is 1. The number of anilines is 1. The molecule has 0 saturated carbocycles. The molecule has 8 nitrogen and oxygen atoms in total. The molecule has 0 spiro atoms. The third kappa shape index (κ3) is 5.33. The molecule has 3 rings (SSSR count). The van der Waals surface area contributed by atoms with Gasteiger partial charge in [0.25, 0.3) is 5.91 Å². The number of nitrogens with zero attached hydrogens (tertiary/aromatic N) is 3. The fourth-order valence-electron chi connectivity index (χ4n) is 3.52. The highest BCUT2D eigenvalue weighted by Gasteiger charge is 2.27. The van der Waals surface area contributed by atoms with Gasteiger partial charge in [0.2, 0.25) is 10.0 Å². The smallest absolute Gasteiger partial charge is 0.338 e. The number of hydrogen-bond donors (Lipinski definition) is 0. The number of sulfonamides is 1. The number of hydrogen-bond acceptors (Lipinski definition) is 6. The molecule has 1 heterocycles. The maximum atomic E-state index is 12.9. The van der Waals surface area contributed by atoms with E-state index in [4.69, 9.17) is 10.00 Å². The first-order chi connectivity index (χ1) is 15.3. The van der Waals surface area contributed by atoms with Crippen molar-refractivity contribution in [2.75, 3.05) is 31.1 Å². The normalized spacial score (nSPS) is 14.4. The van der Waals surface area contributed by atoms with Gasteiger partial charge in [0.05, 0.1) is 16.5 Å².